The van der Waals surface area contributed by atoms with Crippen molar-refractivity contribution in [2.45, 2.75) is 43.5 Å². The van der Waals surface area contributed by atoms with Crippen molar-refractivity contribution >= 4 is 0 Å². The monoisotopic (exact) mass is 277 g/mol. The maximum atomic E-state index is 9.76. The SMILES string of the molecule is OCC1O[C@@H](OCCN2CCCC2)C(O)C(O)[C@@H]1O. The first kappa shape index (κ1) is 15.1. The van der Waals surface area contributed by atoms with Crippen LogP contribution in [-0.2, 0) is 9.47 Å². The van der Waals surface area contributed by atoms with Gasteiger partial charge in [-0.3, -0.25) is 0 Å². The standard InChI is InChI=1S/C12H23NO6/c14-7-8-9(15)10(16)11(17)12(19-8)18-6-5-13-3-1-2-4-13/h8-12,14-17H,1-7H2/t8?,9-,10?,11?,12-/m1/s1. The van der Waals surface area contributed by atoms with Gasteiger partial charge < -0.3 is 34.8 Å². The average Bonchev–Trinajstić information content (AvgIpc) is 2.92. The van der Waals surface area contributed by atoms with E-state index in [0.717, 1.165) is 19.6 Å². The van der Waals surface area contributed by atoms with Crippen LogP contribution in [0.1, 0.15) is 12.8 Å². The molecule has 2 heterocycles. The molecule has 0 bridgehead atoms. The quantitative estimate of drug-likeness (QED) is 0.456. The molecule has 3 unspecified atom stereocenters. The third-order valence-corrected chi connectivity index (χ3v) is 3.74. The molecule has 2 fully saturated rings. The van der Waals surface area contributed by atoms with Crippen molar-refractivity contribution in [3.05, 3.63) is 0 Å². The average molecular weight is 277 g/mol. The lowest BCUT2D eigenvalue weighted by Crippen LogP contribution is -2.59. The van der Waals surface area contributed by atoms with Crippen LogP contribution in [0.2, 0.25) is 0 Å². The minimum atomic E-state index is -1.37. The summed E-state index contributed by atoms with van der Waals surface area (Å²) in [5.74, 6) is 0. The summed E-state index contributed by atoms with van der Waals surface area (Å²) in [6, 6.07) is 0. The van der Waals surface area contributed by atoms with Gasteiger partial charge in [-0.25, -0.2) is 0 Å². The Hall–Kier alpha value is -0.280. The Bertz CT molecular complexity index is 271. The van der Waals surface area contributed by atoms with Crippen molar-refractivity contribution in [3.63, 3.8) is 0 Å². The maximum Gasteiger partial charge on any atom is 0.186 e. The third kappa shape index (κ3) is 3.63. The van der Waals surface area contributed by atoms with Crippen molar-refractivity contribution in [3.8, 4) is 0 Å². The molecule has 0 amide bonds. The second-order valence-corrected chi connectivity index (χ2v) is 5.12. The number of rotatable bonds is 5. The van der Waals surface area contributed by atoms with Gasteiger partial charge in [0.05, 0.1) is 13.2 Å². The normalized spacial score (nSPS) is 40.7. The molecule has 0 radical (unpaired) electrons. The second-order valence-electron chi connectivity index (χ2n) is 5.12. The summed E-state index contributed by atoms with van der Waals surface area (Å²) >= 11 is 0. The lowest BCUT2D eigenvalue weighted by atomic mass is 9.99. The van der Waals surface area contributed by atoms with Gasteiger partial charge in [-0.1, -0.05) is 0 Å². The van der Waals surface area contributed by atoms with Crippen LogP contribution in [0.3, 0.4) is 0 Å². The van der Waals surface area contributed by atoms with E-state index in [0.29, 0.717) is 6.61 Å². The molecule has 5 atom stereocenters. The van der Waals surface area contributed by atoms with Gasteiger partial charge >= 0.3 is 0 Å². The molecule has 2 saturated heterocycles. The van der Waals surface area contributed by atoms with Gasteiger partial charge in [-0.05, 0) is 25.9 Å². The summed E-state index contributed by atoms with van der Waals surface area (Å²) in [6.07, 6.45) is -3.55. The van der Waals surface area contributed by atoms with Gasteiger partial charge in [0.2, 0.25) is 0 Å². The molecule has 0 aromatic rings. The highest BCUT2D eigenvalue weighted by Crippen LogP contribution is 2.21. The summed E-state index contributed by atoms with van der Waals surface area (Å²) in [4.78, 5) is 2.25. The van der Waals surface area contributed by atoms with Crippen molar-refractivity contribution in [1.29, 1.82) is 0 Å². The van der Waals surface area contributed by atoms with Crippen LogP contribution in [-0.4, -0.2) is 88.9 Å². The molecule has 2 aliphatic heterocycles. The molecule has 0 aromatic carbocycles. The number of ether oxygens (including phenoxy) is 2. The Kier molecular flexibility index (Phi) is 5.52. The Morgan fingerprint density at radius 2 is 1.74 bits per heavy atom. The molecule has 0 saturated carbocycles. The molecule has 4 N–H and O–H groups in total. The molecule has 2 aliphatic rings. The summed E-state index contributed by atoms with van der Waals surface area (Å²) in [6.45, 7) is 2.80. The first-order valence-corrected chi connectivity index (χ1v) is 6.78. The van der Waals surface area contributed by atoms with Gasteiger partial charge in [-0.2, -0.15) is 0 Å². The van der Waals surface area contributed by atoms with Crippen molar-refractivity contribution < 1.29 is 29.9 Å². The zero-order valence-corrected chi connectivity index (χ0v) is 10.9. The van der Waals surface area contributed by atoms with Crippen molar-refractivity contribution in [2.75, 3.05) is 32.8 Å². The van der Waals surface area contributed by atoms with E-state index in [2.05, 4.69) is 4.90 Å². The molecular formula is C12H23NO6. The Labute approximate surface area is 112 Å². The Morgan fingerprint density at radius 1 is 1.05 bits per heavy atom. The van der Waals surface area contributed by atoms with E-state index in [9.17, 15) is 15.3 Å². The highest BCUT2D eigenvalue weighted by Gasteiger charge is 2.43. The molecule has 7 nitrogen and oxygen atoms in total. The molecule has 2 rings (SSSR count). The van der Waals surface area contributed by atoms with Gasteiger partial charge in [0.1, 0.15) is 24.4 Å². The van der Waals surface area contributed by atoms with Gasteiger partial charge in [-0.15, -0.1) is 0 Å². The van der Waals surface area contributed by atoms with Gasteiger partial charge in [0, 0.05) is 6.54 Å². The number of aliphatic hydroxyl groups excluding tert-OH is 4. The number of nitrogens with zero attached hydrogens (tertiary/aromatic N) is 1. The molecule has 19 heavy (non-hydrogen) atoms. The lowest BCUT2D eigenvalue weighted by Gasteiger charge is -2.39. The molecular weight excluding hydrogens is 254 g/mol. The first-order valence-electron chi connectivity index (χ1n) is 6.78. The molecule has 7 heteroatoms. The summed E-state index contributed by atoms with van der Waals surface area (Å²) in [5, 5.41) is 38.0. The van der Waals surface area contributed by atoms with Crippen LogP contribution in [0.5, 0.6) is 0 Å². The minimum absolute atomic E-state index is 0.378. The van der Waals surface area contributed by atoms with E-state index in [1.807, 2.05) is 0 Å². The van der Waals surface area contributed by atoms with Crippen LogP contribution in [0.4, 0.5) is 0 Å². The highest BCUT2D eigenvalue weighted by atomic mass is 16.7. The van der Waals surface area contributed by atoms with Crippen LogP contribution >= 0.6 is 0 Å². The van der Waals surface area contributed by atoms with E-state index in [1.165, 1.54) is 12.8 Å². The zero-order valence-electron chi connectivity index (χ0n) is 10.9. The van der Waals surface area contributed by atoms with Crippen molar-refractivity contribution in [1.82, 2.24) is 4.90 Å². The minimum Gasteiger partial charge on any atom is -0.394 e. The van der Waals surface area contributed by atoms with Gasteiger partial charge in [0.25, 0.3) is 0 Å². The fourth-order valence-electron chi connectivity index (χ4n) is 2.51. The maximum absolute atomic E-state index is 9.76. The van der Waals surface area contributed by atoms with Gasteiger partial charge in [0.15, 0.2) is 6.29 Å². The number of hydrogen-bond donors (Lipinski definition) is 4. The molecule has 0 aliphatic carbocycles. The van der Waals surface area contributed by atoms with Crippen LogP contribution in [0.15, 0.2) is 0 Å². The predicted octanol–water partition coefficient (Wildman–Crippen LogP) is -2.10. The third-order valence-electron chi connectivity index (χ3n) is 3.74. The fourth-order valence-corrected chi connectivity index (χ4v) is 2.51. The fraction of sp³-hybridized carbons (Fsp3) is 1.00. The first-order chi connectivity index (χ1) is 9.13. The lowest BCUT2D eigenvalue weighted by molar-refractivity contribution is -0.301. The van der Waals surface area contributed by atoms with Crippen LogP contribution in [0, 0.1) is 0 Å². The number of hydrogen-bond acceptors (Lipinski definition) is 7. The second kappa shape index (κ2) is 6.94. The van der Waals surface area contributed by atoms with E-state index < -0.39 is 37.3 Å². The summed E-state index contributed by atoms with van der Waals surface area (Å²) in [5.41, 5.74) is 0. The number of likely N-dealkylation sites (tertiary alicyclic amines) is 1. The summed E-state index contributed by atoms with van der Waals surface area (Å²) < 4.78 is 10.7. The topological polar surface area (TPSA) is 103 Å². The van der Waals surface area contributed by atoms with Crippen LogP contribution < -0.4 is 0 Å². The van der Waals surface area contributed by atoms with E-state index in [4.69, 9.17) is 14.6 Å². The largest absolute Gasteiger partial charge is 0.394 e. The Balaban J connectivity index is 1.77. The van der Waals surface area contributed by atoms with Crippen molar-refractivity contribution in [2.24, 2.45) is 0 Å². The highest BCUT2D eigenvalue weighted by molar-refractivity contribution is 4.88. The predicted molar refractivity (Wildman–Crippen MR) is 65.4 cm³/mol. The number of aliphatic hydroxyl groups is 4. The molecule has 0 spiro atoms. The van der Waals surface area contributed by atoms with E-state index in [-0.39, 0.29) is 0 Å². The van der Waals surface area contributed by atoms with E-state index in [1.54, 1.807) is 0 Å². The Morgan fingerprint density at radius 3 is 2.37 bits per heavy atom. The molecule has 0 aromatic heterocycles. The zero-order chi connectivity index (χ0) is 13.8. The summed E-state index contributed by atoms with van der Waals surface area (Å²) in [7, 11) is 0. The van der Waals surface area contributed by atoms with Crippen LogP contribution in [0.25, 0.3) is 0 Å². The molecule has 112 valence electrons. The van der Waals surface area contributed by atoms with E-state index >= 15 is 0 Å². The smallest absolute Gasteiger partial charge is 0.186 e.